The fraction of sp³-hybridized carbons (Fsp3) is 0.381. The molecule has 1 aromatic heterocycles. The van der Waals surface area contributed by atoms with Gasteiger partial charge in [0.25, 0.3) is 0 Å². The molecule has 31 heavy (non-hydrogen) atoms. The second-order valence-corrected chi connectivity index (χ2v) is 10.2. The van der Waals surface area contributed by atoms with Gasteiger partial charge in [-0.2, -0.15) is 0 Å². The van der Waals surface area contributed by atoms with Crippen molar-refractivity contribution in [1.82, 2.24) is 25.1 Å². The van der Waals surface area contributed by atoms with E-state index in [0.717, 1.165) is 11.1 Å². The van der Waals surface area contributed by atoms with Gasteiger partial charge in [-0.15, -0.1) is 5.10 Å². The first-order chi connectivity index (χ1) is 14.8. The minimum absolute atomic E-state index is 0.226. The van der Waals surface area contributed by atoms with Gasteiger partial charge >= 0.3 is 0 Å². The summed E-state index contributed by atoms with van der Waals surface area (Å²) < 4.78 is 27.4. The number of piperidine rings is 1. The highest BCUT2D eigenvalue weighted by molar-refractivity contribution is 7.90. The minimum atomic E-state index is -3.64. The zero-order chi connectivity index (χ0) is 22.0. The summed E-state index contributed by atoms with van der Waals surface area (Å²) in [6, 6.07) is 13.7. The van der Waals surface area contributed by atoms with Gasteiger partial charge in [0.15, 0.2) is 21.5 Å². The summed E-state index contributed by atoms with van der Waals surface area (Å²) in [5, 5.41) is 22.5. The molecule has 1 N–H and O–H groups in total. The van der Waals surface area contributed by atoms with E-state index >= 15 is 0 Å². The Labute approximate surface area is 186 Å². The summed E-state index contributed by atoms with van der Waals surface area (Å²) in [7, 11) is -3.64. The highest BCUT2D eigenvalue weighted by Gasteiger charge is 2.32. The van der Waals surface area contributed by atoms with E-state index in [1.807, 2.05) is 19.1 Å². The first-order valence-corrected chi connectivity index (χ1v) is 12.1. The summed E-state index contributed by atoms with van der Waals surface area (Å²) in [5.74, 6) is 0.0771. The zero-order valence-electron chi connectivity index (χ0n) is 17.1. The van der Waals surface area contributed by atoms with Crippen molar-refractivity contribution in [3.8, 4) is 0 Å². The van der Waals surface area contributed by atoms with Crippen LogP contribution in [0.15, 0.2) is 53.4 Å². The number of likely N-dealkylation sites (tertiary alicyclic amines) is 1. The Balaban J connectivity index is 1.69. The summed E-state index contributed by atoms with van der Waals surface area (Å²) in [6.45, 7) is 3.19. The van der Waals surface area contributed by atoms with Crippen molar-refractivity contribution in [1.29, 1.82) is 0 Å². The fourth-order valence-electron chi connectivity index (χ4n) is 3.79. The van der Waals surface area contributed by atoms with Crippen LogP contribution in [0.25, 0.3) is 0 Å². The summed E-state index contributed by atoms with van der Waals surface area (Å²) in [6.07, 6.45) is 0.931. The normalized spacial score (nSPS) is 17.0. The topological polar surface area (TPSA) is 101 Å². The quantitative estimate of drug-likeness (QED) is 0.602. The molecular weight excluding hydrogens is 438 g/mol. The molecule has 0 spiro atoms. The molecule has 0 bridgehead atoms. The molecule has 0 unspecified atom stereocenters. The van der Waals surface area contributed by atoms with Crippen molar-refractivity contribution < 1.29 is 13.5 Å². The number of aliphatic hydroxyl groups excluding tert-OH is 1. The van der Waals surface area contributed by atoms with Gasteiger partial charge in [0.1, 0.15) is 0 Å². The lowest BCUT2D eigenvalue weighted by Gasteiger charge is -2.35. The van der Waals surface area contributed by atoms with Crippen LogP contribution in [-0.2, 0) is 15.7 Å². The number of nitrogens with zero attached hydrogens (tertiary/aromatic N) is 5. The molecule has 1 aliphatic heterocycles. The van der Waals surface area contributed by atoms with Gasteiger partial charge in [-0.1, -0.05) is 41.4 Å². The number of aryl methyl sites for hydroxylation is 1. The Morgan fingerprint density at radius 3 is 2.39 bits per heavy atom. The molecule has 1 aliphatic rings. The van der Waals surface area contributed by atoms with Gasteiger partial charge in [-0.25, -0.2) is 13.1 Å². The van der Waals surface area contributed by atoms with Gasteiger partial charge in [0.2, 0.25) is 0 Å². The number of sulfone groups is 1. The standard InChI is InChI=1S/C21H24ClN5O3S/c1-15-2-8-19(9-3-15)31(29,30)14-27-21(23-24-25-27)20(16-4-6-17(22)7-5-16)26-12-10-18(28)11-13-26/h2-9,18,20,28H,10-14H2,1H3/t20-/m1/s1. The molecule has 2 aromatic carbocycles. The van der Waals surface area contributed by atoms with Crippen molar-refractivity contribution in [2.24, 2.45) is 0 Å². The summed E-state index contributed by atoms with van der Waals surface area (Å²) in [4.78, 5) is 2.39. The summed E-state index contributed by atoms with van der Waals surface area (Å²) in [5.41, 5.74) is 1.89. The van der Waals surface area contributed by atoms with Crippen molar-refractivity contribution in [2.45, 2.75) is 42.7 Å². The molecule has 1 fully saturated rings. The highest BCUT2D eigenvalue weighted by Crippen LogP contribution is 2.31. The molecule has 3 aromatic rings. The third-order valence-electron chi connectivity index (χ3n) is 5.53. The van der Waals surface area contributed by atoms with Crippen LogP contribution < -0.4 is 0 Å². The van der Waals surface area contributed by atoms with E-state index in [0.29, 0.717) is 36.8 Å². The maximum Gasteiger partial charge on any atom is 0.198 e. The third kappa shape index (κ3) is 4.95. The van der Waals surface area contributed by atoms with Crippen LogP contribution in [0.3, 0.4) is 0 Å². The number of hydrogen-bond acceptors (Lipinski definition) is 7. The molecule has 10 heteroatoms. The average molecular weight is 462 g/mol. The van der Waals surface area contributed by atoms with E-state index in [2.05, 4.69) is 20.4 Å². The molecule has 0 amide bonds. The second-order valence-electron chi connectivity index (χ2n) is 7.81. The maximum absolute atomic E-state index is 13.0. The molecular formula is C21H24ClN5O3S. The lowest BCUT2D eigenvalue weighted by molar-refractivity contribution is 0.0663. The van der Waals surface area contributed by atoms with Crippen LogP contribution in [0.5, 0.6) is 0 Å². The van der Waals surface area contributed by atoms with E-state index in [4.69, 9.17) is 11.6 Å². The van der Waals surface area contributed by atoms with Crippen molar-refractivity contribution in [3.63, 3.8) is 0 Å². The van der Waals surface area contributed by atoms with Crippen molar-refractivity contribution in [3.05, 3.63) is 70.5 Å². The number of aliphatic hydroxyl groups is 1. The van der Waals surface area contributed by atoms with E-state index in [-0.39, 0.29) is 22.9 Å². The van der Waals surface area contributed by atoms with Crippen LogP contribution in [0.1, 0.15) is 35.8 Å². The molecule has 164 valence electrons. The molecule has 1 saturated heterocycles. The van der Waals surface area contributed by atoms with Crippen molar-refractivity contribution >= 4 is 21.4 Å². The van der Waals surface area contributed by atoms with Crippen LogP contribution in [-0.4, -0.2) is 57.8 Å². The Morgan fingerprint density at radius 2 is 1.74 bits per heavy atom. The Kier molecular flexibility index (Phi) is 6.38. The van der Waals surface area contributed by atoms with Crippen LogP contribution in [0.2, 0.25) is 5.02 Å². The lowest BCUT2D eigenvalue weighted by Crippen LogP contribution is -2.40. The van der Waals surface area contributed by atoms with E-state index in [1.54, 1.807) is 36.4 Å². The predicted octanol–water partition coefficient (Wildman–Crippen LogP) is 2.61. The first kappa shape index (κ1) is 21.9. The van der Waals surface area contributed by atoms with Gasteiger partial charge in [-0.05, 0) is 60.0 Å². The van der Waals surface area contributed by atoms with Crippen LogP contribution in [0, 0.1) is 6.92 Å². The van der Waals surface area contributed by atoms with Crippen LogP contribution in [0.4, 0.5) is 0 Å². The van der Waals surface area contributed by atoms with Crippen LogP contribution >= 0.6 is 11.6 Å². The Bertz CT molecular complexity index is 1120. The van der Waals surface area contributed by atoms with Gasteiger partial charge in [0.05, 0.1) is 17.0 Å². The minimum Gasteiger partial charge on any atom is -0.393 e. The highest BCUT2D eigenvalue weighted by atomic mass is 35.5. The van der Waals surface area contributed by atoms with E-state index in [9.17, 15) is 13.5 Å². The Hall–Kier alpha value is -2.33. The van der Waals surface area contributed by atoms with Crippen molar-refractivity contribution in [2.75, 3.05) is 13.1 Å². The maximum atomic E-state index is 13.0. The second kappa shape index (κ2) is 9.04. The predicted molar refractivity (Wildman–Crippen MR) is 116 cm³/mol. The van der Waals surface area contributed by atoms with Gasteiger partial charge < -0.3 is 5.11 Å². The number of halogens is 1. The van der Waals surface area contributed by atoms with E-state index in [1.165, 1.54) is 4.68 Å². The molecule has 0 aliphatic carbocycles. The molecule has 2 heterocycles. The number of aromatic nitrogens is 4. The number of rotatable bonds is 6. The molecule has 4 rings (SSSR count). The largest absolute Gasteiger partial charge is 0.393 e. The SMILES string of the molecule is Cc1ccc(S(=O)(=O)Cn2nnnc2[C@@H](c2ccc(Cl)cc2)N2CCC(O)CC2)cc1. The van der Waals surface area contributed by atoms with Gasteiger partial charge in [0, 0.05) is 18.1 Å². The monoisotopic (exact) mass is 461 g/mol. The first-order valence-electron chi connectivity index (χ1n) is 10.1. The molecule has 1 atom stereocenters. The van der Waals surface area contributed by atoms with Gasteiger partial charge in [-0.3, -0.25) is 4.90 Å². The number of tetrazole rings is 1. The molecule has 0 radical (unpaired) electrons. The fourth-order valence-corrected chi connectivity index (χ4v) is 5.12. The third-order valence-corrected chi connectivity index (χ3v) is 7.35. The molecule has 0 saturated carbocycles. The Morgan fingerprint density at radius 1 is 1.10 bits per heavy atom. The number of benzene rings is 2. The molecule has 8 nitrogen and oxygen atoms in total. The zero-order valence-corrected chi connectivity index (χ0v) is 18.7. The number of hydrogen-bond donors (Lipinski definition) is 1. The summed E-state index contributed by atoms with van der Waals surface area (Å²) >= 11 is 6.07. The smallest absolute Gasteiger partial charge is 0.198 e. The van der Waals surface area contributed by atoms with E-state index < -0.39 is 9.84 Å². The lowest BCUT2D eigenvalue weighted by atomic mass is 10.00. The average Bonchev–Trinajstić information content (AvgIpc) is 3.18.